The molecule has 1 nitrogen and oxygen atoms in total. The van der Waals surface area contributed by atoms with Crippen LogP contribution in [0.25, 0.3) is 6.08 Å². The molecule has 0 N–H and O–H groups in total. The average Bonchev–Trinajstić information content (AvgIpc) is 2.36. The maximum atomic E-state index is 10.9. The van der Waals surface area contributed by atoms with Gasteiger partial charge in [0.15, 0.2) is 5.78 Å². The minimum Gasteiger partial charge on any atom is -0.295 e. The summed E-state index contributed by atoms with van der Waals surface area (Å²) in [6.07, 6.45) is 1.89. The van der Waals surface area contributed by atoms with E-state index < -0.39 is 0 Å². The van der Waals surface area contributed by atoms with Gasteiger partial charge in [0.2, 0.25) is 0 Å². The lowest BCUT2D eigenvalue weighted by Crippen LogP contribution is -1.90. The molecule has 0 atom stereocenters. The second kappa shape index (κ2) is 4.01. The second-order valence-electron chi connectivity index (χ2n) is 2.56. The van der Waals surface area contributed by atoms with Gasteiger partial charge in [-0.15, -0.1) is 0 Å². The highest BCUT2D eigenvalue weighted by Gasteiger charge is 2.00. The maximum absolute atomic E-state index is 10.9. The molecule has 0 aliphatic carbocycles. The zero-order valence-corrected chi connectivity index (χ0v) is 9.33. The number of halogens is 1. The van der Waals surface area contributed by atoms with E-state index in [1.807, 2.05) is 23.8 Å². The molecule has 12 heavy (non-hydrogen) atoms. The quantitative estimate of drug-likeness (QED) is 0.729. The third kappa shape index (κ3) is 2.29. The lowest BCUT2D eigenvalue weighted by Gasteiger charge is -1.93. The van der Waals surface area contributed by atoms with Crippen LogP contribution in [-0.2, 0) is 4.79 Å². The summed E-state index contributed by atoms with van der Waals surface area (Å²) in [5.74, 6) is 0.119. The lowest BCUT2D eigenvalue weighted by atomic mass is 10.1. The Morgan fingerprint density at radius 1 is 1.50 bits per heavy atom. The molecule has 0 radical (unpaired) electrons. The first-order valence-electron chi connectivity index (χ1n) is 3.52. The van der Waals surface area contributed by atoms with Crippen LogP contribution in [0.5, 0.6) is 0 Å². The molecule has 1 heterocycles. The van der Waals surface area contributed by atoms with E-state index in [1.165, 1.54) is 0 Å². The third-order valence-corrected chi connectivity index (χ3v) is 3.32. The Balaban J connectivity index is 2.95. The summed E-state index contributed by atoms with van der Waals surface area (Å²) in [6.45, 7) is 3.40. The summed E-state index contributed by atoms with van der Waals surface area (Å²) in [5.41, 5.74) is 1.86. The summed E-state index contributed by atoms with van der Waals surface area (Å²) in [4.78, 5) is 10.9. The van der Waals surface area contributed by atoms with Crippen LogP contribution >= 0.6 is 27.3 Å². The van der Waals surface area contributed by atoms with Crippen LogP contribution in [0.15, 0.2) is 20.8 Å². The van der Waals surface area contributed by atoms with Crippen LogP contribution in [0.4, 0.5) is 0 Å². The normalized spacial score (nSPS) is 11.8. The van der Waals surface area contributed by atoms with E-state index in [2.05, 4.69) is 15.9 Å². The molecule has 0 bridgehead atoms. The van der Waals surface area contributed by atoms with E-state index in [1.54, 1.807) is 18.3 Å². The van der Waals surface area contributed by atoms with Crippen molar-refractivity contribution in [2.75, 3.05) is 0 Å². The highest BCUT2D eigenvalue weighted by molar-refractivity contribution is 9.10. The summed E-state index contributed by atoms with van der Waals surface area (Å²) in [5, 5.41) is 4.01. The van der Waals surface area contributed by atoms with Crippen LogP contribution in [0.1, 0.15) is 19.4 Å². The van der Waals surface area contributed by atoms with Gasteiger partial charge in [0.05, 0.1) is 0 Å². The summed E-state index contributed by atoms with van der Waals surface area (Å²) in [6, 6.07) is 0. The number of ketones is 1. The predicted octanol–water partition coefficient (Wildman–Crippen LogP) is 3.50. The van der Waals surface area contributed by atoms with E-state index in [9.17, 15) is 4.79 Å². The van der Waals surface area contributed by atoms with Crippen molar-refractivity contribution in [2.45, 2.75) is 13.8 Å². The number of thiophene rings is 1. The van der Waals surface area contributed by atoms with Crippen molar-refractivity contribution in [2.24, 2.45) is 0 Å². The molecule has 1 aromatic heterocycles. The Bertz CT molecular complexity index is 325. The molecule has 0 spiro atoms. The summed E-state index contributed by atoms with van der Waals surface area (Å²) >= 11 is 5.02. The van der Waals surface area contributed by atoms with Crippen molar-refractivity contribution < 1.29 is 4.79 Å². The van der Waals surface area contributed by atoms with Crippen LogP contribution < -0.4 is 0 Å². The molecule has 0 amide bonds. The second-order valence-corrected chi connectivity index (χ2v) is 4.16. The van der Waals surface area contributed by atoms with Crippen molar-refractivity contribution in [3.63, 3.8) is 0 Å². The standard InChI is InChI=1S/C9H9BrOS/c1-6(7(2)11)3-8-4-12-5-9(8)10/h3-5H,1-2H3/b6-3+. The molecule has 64 valence electrons. The molecule has 0 saturated heterocycles. The molecular weight excluding hydrogens is 236 g/mol. The molecule has 0 aliphatic heterocycles. The molecule has 1 aromatic rings. The fourth-order valence-corrected chi connectivity index (χ4v) is 2.10. The highest BCUT2D eigenvalue weighted by Crippen LogP contribution is 2.23. The van der Waals surface area contributed by atoms with Gasteiger partial charge in [-0.1, -0.05) is 0 Å². The lowest BCUT2D eigenvalue weighted by molar-refractivity contribution is -0.113. The number of hydrogen-bond acceptors (Lipinski definition) is 2. The van der Waals surface area contributed by atoms with Crippen LogP contribution in [0, 0.1) is 0 Å². The Morgan fingerprint density at radius 3 is 2.58 bits per heavy atom. The fourth-order valence-electron chi connectivity index (χ4n) is 0.729. The first-order chi connectivity index (χ1) is 5.61. The maximum Gasteiger partial charge on any atom is 0.155 e. The molecule has 0 fully saturated rings. The smallest absolute Gasteiger partial charge is 0.155 e. The fraction of sp³-hybridized carbons (Fsp3) is 0.222. The van der Waals surface area contributed by atoms with Gasteiger partial charge in [-0.2, -0.15) is 11.3 Å². The topological polar surface area (TPSA) is 17.1 Å². The van der Waals surface area contributed by atoms with Crippen molar-refractivity contribution in [3.05, 3.63) is 26.4 Å². The van der Waals surface area contributed by atoms with Crippen LogP contribution in [-0.4, -0.2) is 5.78 Å². The van der Waals surface area contributed by atoms with E-state index in [4.69, 9.17) is 0 Å². The average molecular weight is 245 g/mol. The first-order valence-corrected chi connectivity index (χ1v) is 5.26. The molecule has 3 heteroatoms. The number of rotatable bonds is 2. The number of Topliss-reactive ketones (excluding diaryl/α,β-unsaturated/α-hetero) is 1. The van der Waals surface area contributed by atoms with E-state index in [-0.39, 0.29) is 5.78 Å². The molecule has 0 aromatic carbocycles. The van der Waals surface area contributed by atoms with Crippen molar-refractivity contribution in [1.29, 1.82) is 0 Å². The number of hydrogen-bond donors (Lipinski definition) is 0. The van der Waals surface area contributed by atoms with Gasteiger partial charge in [0.25, 0.3) is 0 Å². The van der Waals surface area contributed by atoms with Crippen LogP contribution in [0.2, 0.25) is 0 Å². The predicted molar refractivity (Wildman–Crippen MR) is 56.4 cm³/mol. The zero-order chi connectivity index (χ0) is 9.14. The van der Waals surface area contributed by atoms with Crippen LogP contribution in [0.3, 0.4) is 0 Å². The molecule has 0 saturated carbocycles. The van der Waals surface area contributed by atoms with Crippen molar-refractivity contribution in [1.82, 2.24) is 0 Å². The van der Waals surface area contributed by atoms with Crippen molar-refractivity contribution >= 4 is 39.1 Å². The molecule has 1 rings (SSSR count). The first kappa shape index (κ1) is 9.68. The van der Waals surface area contributed by atoms with E-state index >= 15 is 0 Å². The minimum atomic E-state index is 0.119. The largest absolute Gasteiger partial charge is 0.295 e. The van der Waals surface area contributed by atoms with Gasteiger partial charge in [0, 0.05) is 9.85 Å². The Labute approximate surface area is 84.2 Å². The Hall–Kier alpha value is -0.410. The van der Waals surface area contributed by atoms with E-state index in [0.29, 0.717) is 0 Å². The summed E-state index contributed by atoms with van der Waals surface area (Å²) < 4.78 is 1.05. The highest BCUT2D eigenvalue weighted by atomic mass is 79.9. The molecule has 0 unspecified atom stereocenters. The van der Waals surface area contributed by atoms with Gasteiger partial charge < -0.3 is 0 Å². The number of carbonyl (C=O) groups excluding carboxylic acids is 1. The van der Waals surface area contributed by atoms with Gasteiger partial charge >= 0.3 is 0 Å². The Kier molecular flexibility index (Phi) is 3.23. The Morgan fingerprint density at radius 2 is 2.17 bits per heavy atom. The van der Waals surface area contributed by atoms with Gasteiger partial charge in [-0.05, 0) is 52.4 Å². The van der Waals surface area contributed by atoms with Gasteiger partial charge in [-0.25, -0.2) is 0 Å². The van der Waals surface area contributed by atoms with Crippen molar-refractivity contribution in [3.8, 4) is 0 Å². The molecular formula is C9H9BrOS. The minimum absolute atomic E-state index is 0.119. The monoisotopic (exact) mass is 244 g/mol. The number of allylic oxidation sites excluding steroid dienone is 1. The summed E-state index contributed by atoms with van der Waals surface area (Å²) in [7, 11) is 0. The molecule has 0 aliphatic rings. The third-order valence-electron chi connectivity index (χ3n) is 1.57. The van der Waals surface area contributed by atoms with Gasteiger partial charge in [0.1, 0.15) is 0 Å². The zero-order valence-electron chi connectivity index (χ0n) is 6.93. The number of carbonyl (C=O) groups is 1. The SMILES string of the molecule is CC(=O)/C(C)=C/c1cscc1Br. The van der Waals surface area contributed by atoms with Gasteiger partial charge in [-0.3, -0.25) is 4.79 Å². The van der Waals surface area contributed by atoms with E-state index in [0.717, 1.165) is 15.6 Å².